The maximum absolute atomic E-state index is 5.85. The smallest absolute Gasteiger partial charge is 0.135 e. The number of furan rings is 1. The molecule has 0 spiro atoms. The Labute approximate surface area is 123 Å². The molecule has 2 nitrogen and oxygen atoms in total. The van der Waals surface area contributed by atoms with Gasteiger partial charge in [0.1, 0.15) is 11.2 Å². The first kappa shape index (κ1) is 12.8. The van der Waals surface area contributed by atoms with Crippen LogP contribution in [0.4, 0.5) is 0 Å². The summed E-state index contributed by atoms with van der Waals surface area (Å²) in [7, 11) is 0. The maximum atomic E-state index is 5.85. The highest BCUT2D eigenvalue weighted by atomic mass is 32.1. The molecule has 0 saturated carbocycles. The second kappa shape index (κ2) is 5.07. The lowest BCUT2D eigenvalue weighted by Crippen LogP contribution is -1.91. The van der Waals surface area contributed by atoms with Crippen molar-refractivity contribution in [3.05, 3.63) is 47.5 Å². The van der Waals surface area contributed by atoms with Gasteiger partial charge < -0.3 is 4.42 Å². The zero-order valence-electron chi connectivity index (χ0n) is 11.3. The van der Waals surface area contributed by atoms with Crippen molar-refractivity contribution in [2.45, 2.75) is 13.8 Å². The molecule has 0 aliphatic heterocycles. The predicted octanol–water partition coefficient (Wildman–Crippen LogP) is 4.61. The van der Waals surface area contributed by atoms with Crippen molar-refractivity contribution in [1.82, 2.24) is 0 Å². The van der Waals surface area contributed by atoms with Gasteiger partial charge in [0.25, 0.3) is 0 Å². The van der Waals surface area contributed by atoms with Crippen LogP contribution < -0.4 is 0 Å². The van der Waals surface area contributed by atoms with Crippen LogP contribution >= 0.6 is 12.8 Å². The third-order valence-corrected chi connectivity index (χ3v) is 3.61. The minimum Gasteiger partial charge on any atom is -0.456 e. The van der Waals surface area contributed by atoms with Crippen LogP contribution in [-0.2, 0) is 0 Å². The van der Waals surface area contributed by atoms with Gasteiger partial charge in [0, 0.05) is 16.3 Å². The molecule has 1 aromatic heterocycles. The van der Waals surface area contributed by atoms with Crippen LogP contribution in [0.5, 0.6) is 0 Å². The van der Waals surface area contributed by atoms with Gasteiger partial charge in [-0.2, -0.15) is 0 Å². The summed E-state index contributed by atoms with van der Waals surface area (Å²) < 4.78 is 9.78. The van der Waals surface area contributed by atoms with Gasteiger partial charge in [-0.1, -0.05) is 5.92 Å². The fourth-order valence-electron chi connectivity index (χ4n) is 2.28. The number of thiol groups is 1. The molecule has 98 valence electrons. The molecule has 2 aromatic carbocycles. The summed E-state index contributed by atoms with van der Waals surface area (Å²) in [6.45, 7) is 3.77. The minimum atomic E-state index is 0.873. The molecule has 0 saturated heterocycles. The molecule has 0 aliphatic rings. The van der Waals surface area contributed by atoms with Gasteiger partial charge >= 0.3 is 0 Å². The van der Waals surface area contributed by atoms with Crippen molar-refractivity contribution in [2.75, 3.05) is 0 Å². The van der Waals surface area contributed by atoms with Crippen molar-refractivity contribution in [2.24, 2.45) is 4.40 Å². The number of rotatable bonds is 1. The van der Waals surface area contributed by atoms with Gasteiger partial charge in [-0.05, 0) is 68.6 Å². The van der Waals surface area contributed by atoms with E-state index in [0.717, 1.165) is 38.8 Å². The highest BCUT2D eigenvalue weighted by Gasteiger charge is 2.09. The molecule has 0 fully saturated rings. The molecule has 0 aliphatic carbocycles. The monoisotopic (exact) mass is 279 g/mol. The normalized spacial score (nSPS) is 11.7. The van der Waals surface area contributed by atoms with Gasteiger partial charge in [-0.25, -0.2) is 4.40 Å². The zero-order valence-corrected chi connectivity index (χ0v) is 12.2. The van der Waals surface area contributed by atoms with Crippen LogP contribution in [0.15, 0.2) is 45.2 Å². The van der Waals surface area contributed by atoms with Crippen molar-refractivity contribution < 1.29 is 4.42 Å². The third kappa shape index (κ3) is 2.09. The average molecular weight is 279 g/mol. The third-order valence-electron chi connectivity index (χ3n) is 3.31. The van der Waals surface area contributed by atoms with Crippen molar-refractivity contribution in [1.29, 1.82) is 0 Å². The summed E-state index contributed by atoms with van der Waals surface area (Å²) in [5.74, 6) is 5.99. The van der Waals surface area contributed by atoms with Crippen LogP contribution in [0.2, 0.25) is 0 Å². The quantitative estimate of drug-likeness (QED) is 0.393. The molecule has 0 N–H and O–H groups in total. The van der Waals surface area contributed by atoms with E-state index in [1.165, 1.54) is 0 Å². The second-order valence-corrected chi connectivity index (χ2v) is 4.78. The number of benzene rings is 2. The molecule has 0 bridgehead atoms. The molecule has 0 radical (unpaired) electrons. The fraction of sp³-hybridized carbons (Fsp3) is 0.118. The lowest BCUT2D eigenvalue weighted by molar-refractivity contribution is 0.669. The summed E-state index contributed by atoms with van der Waals surface area (Å²) >= 11 is 3.97. The fourth-order valence-corrected chi connectivity index (χ4v) is 2.40. The molecule has 3 rings (SSSR count). The van der Waals surface area contributed by atoms with E-state index in [0.29, 0.717) is 0 Å². The zero-order chi connectivity index (χ0) is 14.1. The van der Waals surface area contributed by atoms with Gasteiger partial charge in [-0.3, -0.25) is 0 Å². The number of hydrogen-bond donors (Lipinski definition) is 1. The van der Waals surface area contributed by atoms with E-state index in [1.54, 1.807) is 0 Å². The van der Waals surface area contributed by atoms with E-state index >= 15 is 0 Å². The average Bonchev–Trinajstić information content (AvgIpc) is 2.84. The first-order valence-electron chi connectivity index (χ1n) is 6.31. The Hall–Kier alpha value is -2.18. The summed E-state index contributed by atoms with van der Waals surface area (Å²) in [6.07, 6.45) is 0. The van der Waals surface area contributed by atoms with Crippen LogP contribution in [0.3, 0.4) is 0 Å². The summed E-state index contributed by atoms with van der Waals surface area (Å²) in [4.78, 5) is 0. The molecule has 1 heterocycles. The van der Waals surface area contributed by atoms with Crippen molar-refractivity contribution in [3.8, 4) is 11.8 Å². The molecular weight excluding hydrogens is 266 g/mol. The molecule has 3 heteroatoms. The molecular formula is C17H13NOS. The Morgan fingerprint density at radius 3 is 2.50 bits per heavy atom. The lowest BCUT2D eigenvalue weighted by atomic mass is 10.1. The SMILES string of the molecule is CC#Cc1ccc2oc3ccc(/C(C)=N/S)cc3c2c1. The van der Waals surface area contributed by atoms with Crippen LogP contribution in [0.25, 0.3) is 21.9 Å². The first-order chi connectivity index (χ1) is 9.72. The van der Waals surface area contributed by atoms with E-state index in [1.807, 2.05) is 38.1 Å². The Kier molecular flexibility index (Phi) is 3.25. The van der Waals surface area contributed by atoms with E-state index in [-0.39, 0.29) is 0 Å². The number of nitrogens with zero attached hydrogens (tertiary/aromatic N) is 1. The highest BCUT2D eigenvalue weighted by Crippen LogP contribution is 2.30. The first-order valence-corrected chi connectivity index (χ1v) is 6.71. The number of hydrogen-bond acceptors (Lipinski definition) is 3. The van der Waals surface area contributed by atoms with Gasteiger partial charge in [0.2, 0.25) is 0 Å². The Balaban J connectivity index is 2.32. The van der Waals surface area contributed by atoms with E-state index < -0.39 is 0 Å². The molecule has 20 heavy (non-hydrogen) atoms. The predicted molar refractivity (Wildman–Crippen MR) is 87.5 cm³/mol. The van der Waals surface area contributed by atoms with Gasteiger partial charge in [0.15, 0.2) is 0 Å². The highest BCUT2D eigenvalue weighted by molar-refractivity contribution is 7.79. The summed E-state index contributed by atoms with van der Waals surface area (Å²) in [5, 5.41) is 2.16. The lowest BCUT2D eigenvalue weighted by Gasteiger charge is -1.98. The standard InChI is InChI=1S/C17H13NOS/c1-3-4-12-5-7-16-14(9-12)15-10-13(11(2)18-20)6-8-17(15)19-16/h5-10,20H,1-2H3/b18-11+. The van der Waals surface area contributed by atoms with E-state index in [9.17, 15) is 0 Å². The molecule has 0 amide bonds. The van der Waals surface area contributed by atoms with E-state index in [2.05, 4.69) is 41.2 Å². The second-order valence-electron chi connectivity index (χ2n) is 4.58. The molecule has 3 aromatic rings. The van der Waals surface area contributed by atoms with E-state index in [4.69, 9.17) is 4.42 Å². The Morgan fingerprint density at radius 2 is 1.80 bits per heavy atom. The molecule has 0 atom stereocenters. The van der Waals surface area contributed by atoms with Gasteiger partial charge in [0.05, 0.1) is 5.71 Å². The Bertz CT molecular complexity index is 894. The van der Waals surface area contributed by atoms with Crippen molar-refractivity contribution in [3.63, 3.8) is 0 Å². The van der Waals surface area contributed by atoms with Crippen LogP contribution in [0.1, 0.15) is 25.0 Å². The maximum Gasteiger partial charge on any atom is 0.135 e. The van der Waals surface area contributed by atoms with Crippen LogP contribution in [-0.4, -0.2) is 5.71 Å². The Morgan fingerprint density at radius 1 is 1.10 bits per heavy atom. The van der Waals surface area contributed by atoms with Crippen molar-refractivity contribution >= 4 is 40.5 Å². The van der Waals surface area contributed by atoms with Gasteiger partial charge in [-0.15, -0.1) is 5.92 Å². The molecule has 0 unspecified atom stereocenters. The summed E-state index contributed by atoms with van der Waals surface area (Å²) in [5.41, 5.74) is 4.67. The van der Waals surface area contributed by atoms with Crippen LogP contribution in [0, 0.1) is 11.8 Å². The minimum absolute atomic E-state index is 0.873. The summed E-state index contributed by atoms with van der Waals surface area (Å²) in [6, 6.07) is 12.1. The topological polar surface area (TPSA) is 25.5 Å². The number of fused-ring (bicyclic) bond motifs is 3. The largest absolute Gasteiger partial charge is 0.456 e.